The molecule has 0 aromatic carbocycles. The van der Waals surface area contributed by atoms with E-state index >= 15 is 0 Å². The lowest BCUT2D eigenvalue weighted by atomic mass is 10.2. The first-order chi connectivity index (χ1) is 10.5. The Morgan fingerprint density at radius 2 is 2.00 bits per heavy atom. The van der Waals surface area contributed by atoms with Gasteiger partial charge in [-0.25, -0.2) is 8.42 Å². The second kappa shape index (κ2) is 8.24. The van der Waals surface area contributed by atoms with E-state index in [1.165, 1.54) is 4.31 Å². The first-order valence-electron chi connectivity index (χ1n) is 8.12. The van der Waals surface area contributed by atoms with Gasteiger partial charge < -0.3 is 10.1 Å². The van der Waals surface area contributed by atoms with Crippen molar-refractivity contribution in [3.05, 3.63) is 0 Å². The molecular weight excluding hydrogens is 306 g/mol. The molecule has 0 spiro atoms. The highest BCUT2D eigenvalue weighted by atomic mass is 32.2. The first-order valence-corrected chi connectivity index (χ1v) is 9.73. The molecule has 0 aliphatic carbocycles. The zero-order valence-electron chi connectivity index (χ0n) is 13.3. The monoisotopic (exact) mass is 333 g/mol. The van der Waals surface area contributed by atoms with Gasteiger partial charge in [0.05, 0.1) is 19.0 Å². The normalized spacial score (nSPS) is 24.5. The average molecular weight is 333 g/mol. The van der Waals surface area contributed by atoms with Crippen molar-refractivity contribution in [2.24, 2.45) is 0 Å². The summed E-state index contributed by atoms with van der Waals surface area (Å²) in [6, 6.07) is -0.527. The molecule has 2 fully saturated rings. The highest BCUT2D eigenvalue weighted by Gasteiger charge is 2.37. The van der Waals surface area contributed by atoms with Gasteiger partial charge in [-0.05, 0) is 19.3 Å². The van der Waals surface area contributed by atoms with Gasteiger partial charge in [0.1, 0.15) is 6.04 Å². The predicted molar refractivity (Wildman–Crippen MR) is 84.1 cm³/mol. The van der Waals surface area contributed by atoms with E-state index in [9.17, 15) is 13.2 Å². The molecule has 0 radical (unpaired) electrons. The number of sulfonamides is 1. The van der Waals surface area contributed by atoms with Crippen molar-refractivity contribution in [1.82, 2.24) is 14.5 Å². The van der Waals surface area contributed by atoms with E-state index in [1.807, 2.05) is 6.92 Å². The Hall–Kier alpha value is -0.700. The molecule has 128 valence electrons. The van der Waals surface area contributed by atoms with Gasteiger partial charge in [0, 0.05) is 32.7 Å². The highest BCUT2D eigenvalue weighted by Crippen LogP contribution is 2.21. The zero-order valence-corrected chi connectivity index (χ0v) is 14.1. The lowest BCUT2D eigenvalue weighted by molar-refractivity contribution is -0.124. The molecule has 2 aliphatic rings. The fourth-order valence-corrected chi connectivity index (χ4v) is 4.74. The number of nitrogens with zero attached hydrogens (tertiary/aromatic N) is 2. The van der Waals surface area contributed by atoms with Crippen molar-refractivity contribution >= 4 is 15.9 Å². The molecule has 1 N–H and O–H groups in total. The molecule has 1 atom stereocenters. The molecule has 2 heterocycles. The summed E-state index contributed by atoms with van der Waals surface area (Å²) in [6.45, 7) is 6.88. The maximum absolute atomic E-state index is 12.3. The van der Waals surface area contributed by atoms with Crippen LogP contribution in [0.25, 0.3) is 0 Å². The van der Waals surface area contributed by atoms with E-state index in [0.717, 1.165) is 39.3 Å². The summed E-state index contributed by atoms with van der Waals surface area (Å²) < 4.78 is 31.1. The van der Waals surface area contributed by atoms with Crippen LogP contribution in [0.1, 0.15) is 26.2 Å². The Kier molecular flexibility index (Phi) is 6.61. The molecule has 22 heavy (non-hydrogen) atoms. The molecule has 0 saturated carbocycles. The zero-order chi connectivity index (χ0) is 16.0. The van der Waals surface area contributed by atoms with Crippen LogP contribution < -0.4 is 5.32 Å². The van der Waals surface area contributed by atoms with Crippen LogP contribution in [-0.2, 0) is 19.6 Å². The summed E-state index contributed by atoms with van der Waals surface area (Å²) in [7, 11) is -3.30. The highest BCUT2D eigenvalue weighted by molar-refractivity contribution is 7.89. The van der Waals surface area contributed by atoms with Crippen molar-refractivity contribution in [3.63, 3.8) is 0 Å². The van der Waals surface area contributed by atoms with Crippen molar-refractivity contribution in [1.29, 1.82) is 0 Å². The van der Waals surface area contributed by atoms with Gasteiger partial charge in [-0.15, -0.1) is 0 Å². The Morgan fingerprint density at radius 3 is 2.68 bits per heavy atom. The second-order valence-corrected chi connectivity index (χ2v) is 7.87. The second-order valence-electron chi connectivity index (χ2n) is 5.83. The third-order valence-electron chi connectivity index (χ3n) is 4.16. The van der Waals surface area contributed by atoms with Crippen molar-refractivity contribution < 1.29 is 17.9 Å². The molecule has 2 saturated heterocycles. The topological polar surface area (TPSA) is 79.0 Å². The average Bonchev–Trinajstić information content (AvgIpc) is 2.98. The fourth-order valence-electron chi connectivity index (χ4n) is 2.99. The third-order valence-corrected chi connectivity index (χ3v) is 6.23. The van der Waals surface area contributed by atoms with Crippen LogP contribution in [0.3, 0.4) is 0 Å². The Balaban J connectivity index is 1.80. The number of carbonyl (C=O) groups is 1. The maximum atomic E-state index is 12.3. The number of nitrogens with one attached hydrogen (secondary N) is 1. The Labute approximate surface area is 133 Å². The summed E-state index contributed by atoms with van der Waals surface area (Å²) in [4.78, 5) is 14.5. The van der Waals surface area contributed by atoms with Gasteiger partial charge in [0.2, 0.25) is 15.9 Å². The van der Waals surface area contributed by atoms with E-state index in [0.29, 0.717) is 25.9 Å². The van der Waals surface area contributed by atoms with E-state index in [1.54, 1.807) is 0 Å². The standard InChI is InChI=1S/C14H27N3O4S/c1-2-12-22(19,20)17-6-3-4-13(17)14(18)15-5-7-16-8-10-21-11-9-16/h13H,2-12H2,1H3,(H,15,18). The smallest absolute Gasteiger partial charge is 0.238 e. The van der Waals surface area contributed by atoms with Gasteiger partial charge in [0.15, 0.2) is 0 Å². The minimum Gasteiger partial charge on any atom is -0.379 e. The molecule has 2 rings (SSSR count). The first kappa shape index (κ1) is 17.7. The molecule has 0 aromatic heterocycles. The van der Waals surface area contributed by atoms with Crippen molar-refractivity contribution in [2.75, 3.05) is 51.7 Å². The fraction of sp³-hybridized carbons (Fsp3) is 0.929. The van der Waals surface area contributed by atoms with Crippen molar-refractivity contribution in [3.8, 4) is 0 Å². The van der Waals surface area contributed by atoms with Gasteiger partial charge in [0.25, 0.3) is 0 Å². The van der Waals surface area contributed by atoms with Gasteiger partial charge in [-0.3, -0.25) is 9.69 Å². The van der Waals surface area contributed by atoms with Crippen LogP contribution in [0, 0.1) is 0 Å². The molecular formula is C14H27N3O4S. The van der Waals surface area contributed by atoms with Crippen LogP contribution in [0.2, 0.25) is 0 Å². The van der Waals surface area contributed by atoms with Crippen LogP contribution in [-0.4, -0.2) is 81.3 Å². The Bertz CT molecular complexity index is 463. The molecule has 2 aliphatic heterocycles. The number of hydrogen-bond acceptors (Lipinski definition) is 5. The maximum Gasteiger partial charge on any atom is 0.238 e. The van der Waals surface area contributed by atoms with Gasteiger partial charge >= 0.3 is 0 Å². The molecule has 7 nitrogen and oxygen atoms in total. The van der Waals surface area contributed by atoms with Gasteiger partial charge in [-0.1, -0.05) is 6.92 Å². The molecule has 0 aromatic rings. The van der Waals surface area contributed by atoms with E-state index < -0.39 is 16.1 Å². The summed E-state index contributed by atoms with van der Waals surface area (Å²) in [5, 5.41) is 2.89. The number of morpholine rings is 1. The van der Waals surface area contributed by atoms with Crippen LogP contribution in [0.5, 0.6) is 0 Å². The van der Waals surface area contributed by atoms with Crippen LogP contribution in [0.15, 0.2) is 0 Å². The summed E-state index contributed by atoms with van der Waals surface area (Å²) in [5.74, 6) is -0.0460. The van der Waals surface area contributed by atoms with Crippen LogP contribution >= 0.6 is 0 Å². The summed E-state index contributed by atoms with van der Waals surface area (Å²) in [6.07, 6.45) is 1.95. The Morgan fingerprint density at radius 1 is 1.27 bits per heavy atom. The minimum atomic E-state index is -3.30. The van der Waals surface area contributed by atoms with Crippen molar-refractivity contribution in [2.45, 2.75) is 32.2 Å². The minimum absolute atomic E-state index is 0.116. The number of hydrogen-bond donors (Lipinski definition) is 1. The quantitative estimate of drug-likeness (QED) is 0.688. The SMILES string of the molecule is CCCS(=O)(=O)N1CCCC1C(=O)NCCN1CCOCC1. The number of amides is 1. The molecule has 1 unspecified atom stereocenters. The predicted octanol–water partition coefficient (Wildman–Crippen LogP) is -0.361. The summed E-state index contributed by atoms with van der Waals surface area (Å²) in [5.41, 5.74) is 0. The number of rotatable bonds is 7. The number of ether oxygens (including phenoxy) is 1. The molecule has 8 heteroatoms. The van der Waals surface area contributed by atoms with E-state index in [4.69, 9.17) is 4.74 Å². The lowest BCUT2D eigenvalue weighted by Gasteiger charge is -2.27. The molecule has 1 amide bonds. The molecule has 0 bridgehead atoms. The number of carbonyl (C=O) groups excluding carboxylic acids is 1. The lowest BCUT2D eigenvalue weighted by Crippen LogP contribution is -2.48. The van der Waals surface area contributed by atoms with Gasteiger partial charge in [-0.2, -0.15) is 4.31 Å². The van der Waals surface area contributed by atoms with E-state index in [2.05, 4.69) is 10.2 Å². The van der Waals surface area contributed by atoms with Crippen LogP contribution in [0.4, 0.5) is 0 Å². The summed E-state index contributed by atoms with van der Waals surface area (Å²) >= 11 is 0. The van der Waals surface area contributed by atoms with E-state index in [-0.39, 0.29) is 11.7 Å². The largest absolute Gasteiger partial charge is 0.379 e. The third kappa shape index (κ3) is 4.65.